The van der Waals surface area contributed by atoms with Crippen molar-refractivity contribution in [3.8, 4) is 11.5 Å². The van der Waals surface area contributed by atoms with Crippen molar-refractivity contribution in [3.63, 3.8) is 0 Å². The Morgan fingerprint density at radius 3 is 2.56 bits per heavy atom. The van der Waals surface area contributed by atoms with Crippen molar-refractivity contribution in [1.82, 2.24) is 10.6 Å². The van der Waals surface area contributed by atoms with Crippen LogP contribution in [0.4, 0.5) is 4.39 Å². The standard InChI is InChI=1S/C25H25FN2O4S2/c1-31-22-10-9-17(14-23(22)32-2)24(29)28-21(15-19-7-5-12-34-19)25(30)27-11-13-33-16-18-6-3-4-8-20(18)26/h3-10,12,14-15H,11,13,16H2,1-2H3,(H,27,30)(H,28,29)/b21-15-. The summed E-state index contributed by atoms with van der Waals surface area (Å²) < 4.78 is 24.2. The van der Waals surface area contributed by atoms with Gasteiger partial charge in [-0.1, -0.05) is 24.3 Å². The molecule has 6 nitrogen and oxygen atoms in total. The van der Waals surface area contributed by atoms with E-state index < -0.39 is 11.8 Å². The molecule has 1 heterocycles. The van der Waals surface area contributed by atoms with Crippen molar-refractivity contribution >= 4 is 41.0 Å². The molecular weight excluding hydrogens is 475 g/mol. The van der Waals surface area contributed by atoms with Gasteiger partial charge < -0.3 is 20.1 Å². The van der Waals surface area contributed by atoms with E-state index in [1.165, 1.54) is 43.4 Å². The van der Waals surface area contributed by atoms with Crippen LogP contribution < -0.4 is 20.1 Å². The molecule has 2 aromatic carbocycles. The van der Waals surface area contributed by atoms with Gasteiger partial charge in [-0.15, -0.1) is 11.3 Å². The van der Waals surface area contributed by atoms with E-state index in [-0.39, 0.29) is 11.5 Å². The van der Waals surface area contributed by atoms with Gasteiger partial charge in [0.25, 0.3) is 11.8 Å². The predicted octanol–water partition coefficient (Wildman–Crippen LogP) is 4.72. The molecule has 9 heteroatoms. The van der Waals surface area contributed by atoms with Gasteiger partial charge >= 0.3 is 0 Å². The van der Waals surface area contributed by atoms with Crippen molar-refractivity contribution in [2.75, 3.05) is 26.5 Å². The quantitative estimate of drug-likeness (QED) is 0.294. The summed E-state index contributed by atoms with van der Waals surface area (Å²) in [4.78, 5) is 26.5. The lowest BCUT2D eigenvalue weighted by Crippen LogP contribution is -2.35. The zero-order chi connectivity index (χ0) is 24.3. The summed E-state index contributed by atoms with van der Waals surface area (Å²) in [6.07, 6.45) is 1.63. The van der Waals surface area contributed by atoms with Gasteiger partial charge in [0.1, 0.15) is 11.5 Å². The molecule has 0 fully saturated rings. The molecule has 2 amide bonds. The van der Waals surface area contributed by atoms with E-state index in [0.29, 0.717) is 40.7 Å². The minimum Gasteiger partial charge on any atom is -0.493 e. The molecular formula is C25H25FN2O4S2. The van der Waals surface area contributed by atoms with E-state index >= 15 is 0 Å². The average molecular weight is 501 g/mol. The Hall–Kier alpha value is -3.30. The molecule has 1 aromatic heterocycles. The van der Waals surface area contributed by atoms with Crippen LogP contribution in [0.25, 0.3) is 6.08 Å². The van der Waals surface area contributed by atoms with E-state index in [2.05, 4.69) is 10.6 Å². The molecule has 0 aliphatic carbocycles. The summed E-state index contributed by atoms with van der Waals surface area (Å²) in [5, 5.41) is 7.40. The molecule has 0 aliphatic rings. The van der Waals surface area contributed by atoms with Crippen LogP contribution in [0.2, 0.25) is 0 Å². The number of thiophene rings is 1. The first kappa shape index (κ1) is 25.3. The number of rotatable bonds is 11. The highest BCUT2D eigenvalue weighted by Crippen LogP contribution is 2.27. The number of carbonyl (C=O) groups is 2. The van der Waals surface area contributed by atoms with E-state index in [4.69, 9.17) is 9.47 Å². The SMILES string of the molecule is COc1ccc(C(=O)N/C(=C\c2cccs2)C(=O)NCCSCc2ccccc2F)cc1OC. The van der Waals surface area contributed by atoms with Crippen LogP contribution in [0.1, 0.15) is 20.8 Å². The van der Waals surface area contributed by atoms with E-state index in [9.17, 15) is 14.0 Å². The first-order valence-corrected chi connectivity index (χ1v) is 12.4. The van der Waals surface area contributed by atoms with Gasteiger partial charge in [-0.2, -0.15) is 11.8 Å². The number of nitrogens with one attached hydrogen (secondary N) is 2. The molecule has 178 valence electrons. The zero-order valence-corrected chi connectivity index (χ0v) is 20.4. The monoisotopic (exact) mass is 500 g/mol. The van der Waals surface area contributed by atoms with Crippen molar-refractivity contribution in [2.45, 2.75) is 5.75 Å². The van der Waals surface area contributed by atoms with Gasteiger partial charge in [0.05, 0.1) is 14.2 Å². The van der Waals surface area contributed by atoms with Gasteiger partial charge in [-0.25, -0.2) is 4.39 Å². The molecule has 0 saturated heterocycles. The Morgan fingerprint density at radius 1 is 1.06 bits per heavy atom. The van der Waals surface area contributed by atoms with Crippen LogP contribution in [-0.2, 0) is 10.5 Å². The molecule has 0 unspecified atom stereocenters. The molecule has 0 saturated carbocycles. The Morgan fingerprint density at radius 2 is 1.85 bits per heavy atom. The number of methoxy groups -OCH3 is 2. The minimum atomic E-state index is -0.451. The summed E-state index contributed by atoms with van der Waals surface area (Å²) in [5.41, 5.74) is 1.07. The molecule has 2 N–H and O–H groups in total. The van der Waals surface area contributed by atoms with Crippen molar-refractivity contribution in [3.05, 3.63) is 87.5 Å². The lowest BCUT2D eigenvalue weighted by molar-refractivity contribution is -0.117. The predicted molar refractivity (Wildman–Crippen MR) is 135 cm³/mol. The molecule has 34 heavy (non-hydrogen) atoms. The fraction of sp³-hybridized carbons (Fsp3) is 0.200. The van der Waals surface area contributed by atoms with E-state index in [1.807, 2.05) is 17.5 Å². The number of hydrogen-bond donors (Lipinski definition) is 2. The first-order valence-electron chi connectivity index (χ1n) is 10.4. The third-order valence-corrected chi connectivity index (χ3v) is 6.54. The number of benzene rings is 2. The summed E-state index contributed by atoms with van der Waals surface area (Å²) in [7, 11) is 3.00. The van der Waals surface area contributed by atoms with E-state index in [0.717, 1.165) is 4.88 Å². The molecule has 3 rings (SSSR count). The molecule has 0 atom stereocenters. The second-order valence-corrected chi connectivity index (χ2v) is 9.08. The van der Waals surface area contributed by atoms with Crippen molar-refractivity contribution < 1.29 is 23.5 Å². The number of carbonyl (C=O) groups excluding carboxylic acids is 2. The Balaban J connectivity index is 1.62. The number of amides is 2. The summed E-state index contributed by atoms with van der Waals surface area (Å²) >= 11 is 2.96. The fourth-order valence-electron chi connectivity index (χ4n) is 2.98. The third-order valence-electron chi connectivity index (χ3n) is 4.72. The molecule has 3 aromatic rings. The van der Waals surface area contributed by atoms with Gasteiger partial charge in [0.15, 0.2) is 11.5 Å². The Bertz CT molecular complexity index is 1150. The maximum atomic E-state index is 13.7. The number of halogens is 1. The first-order chi connectivity index (χ1) is 16.5. The van der Waals surface area contributed by atoms with Gasteiger partial charge in [0.2, 0.25) is 0 Å². The third kappa shape index (κ3) is 7.10. The van der Waals surface area contributed by atoms with Gasteiger partial charge in [-0.05, 0) is 47.4 Å². The highest BCUT2D eigenvalue weighted by Gasteiger charge is 2.16. The topological polar surface area (TPSA) is 76.7 Å². The summed E-state index contributed by atoms with van der Waals surface area (Å²) in [6, 6.07) is 15.1. The maximum absolute atomic E-state index is 13.7. The van der Waals surface area contributed by atoms with Crippen LogP contribution in [0, 0.1) is 5.82 Å². The largest absolute Gasteiger partial charge is 0.493 e. The Kier molecular flexibility index (Phi) is 9.54. The normalized spacial score (nSPS) is 11.1. The van der Waals surface area contributed by atoms with Gasteiger partial charge in [-0.3, -0.25) is 9.59 Å². The van der Waals surface area contributed by atoms with Crippen LogP contribution in [0.5, 0.6) is 11.5 Å². The fourth-order valence-corrected chi connectivity index (χ4v) is 4.48. The number of hydrogen-bond acceptors (Lipinski definition) is 6. The molecule has 0 radical (unpaired) electrons. The van der Waals surface area contributed by atoms with Crippen LogP contribution in [-0.4, -0.2) is 38.3 Å². The van der Waals surface area contributed by atoms with Crippen LogP contribution >= 0.6 is 23.1 Å². The van der Waals surface area contributed by atoms with Crippen molar-refractivity contribution in [2.24, 2.45) is 0 Å². The zero-order valence-electron chi connectivity index (χ0n) is 18.8. The van der Waals surface area contributed by atoms with Crippen LogP contribution in [0.3, 0.4) is 0 Å². The highest BCUT2D eigenvalue weighted by atomic mass is 32.2. The highest BCUT2D eigenvalue weighted by molar-refractivity contribution is 7.98. The lowest BCUT2D eigenvalue weighted by Gasteiger charge is -2.12. The minimum absolute atomic E-state index is 0.126. The molecule has 0 aliphatic heterocycles. The molecule has 0 spiro atoms. The number of ether oxygens (including phenoxy) is 2. The second-order valence-electron chi connectivity index (χ2n) is 7.00. The lowest BCUT2D eigenvalue weighted by atomic mass is 10.1. The molecule has 0 bridgehead atoms. The average Bonchev–Trinajstić information content (AvgIpc) is 3.37. The van der Waals surface area contributed by atoms with Crippen LogP contribution in [0.15, 0.2) is 65.7 Å². The number of thioether (sulfide) groups is 1. The van der Waals surface area contributed by atoms with Crippen molar-refractivity contribution in [1.29, 1.82) is 0 Å². The Labute approximate surface area is 206 Å². The second kappa shape index (κ2) is 12.8. The smallest absolute Gasteiger partial charge is 0.267 e. The summed E-state index contributed by atoms with van der Waals surface area (Å²) in [6.45, 7) is 0.367. The maximum Gasteiger partial charge on any atom is 0.267 e. The summed E-state index contributed by atoms with van der Waals surface area (Å²) in [5.74, 6) is 0.917. The van der Waals surface area contributed by atoms with Gasteiger partial charge in [0, 0.05) is 28.5 Å². The van der Waals surface area contributed by atoms with E-state index in [1.54, 1.807) is 42.5 Å².